The highest BCUT2D eigenvalue weighted by atomic mass is 16.5. The van der Waals surface area contributed by atoms with Crippen LogP contribution >= 0.6 is 0 Å². The van der Waals surface area contributed by atoms with E-state index in [2.05, 4.69) is 22.8 Å². The Morgan fingerprint density at radius 1 is 1.00 bits per heavy atom. The molecule has 32 heavy (non-hydrogen) atoms. The number of aliphatic carboxylic acids is 1. The van der Waals surface area contributed by atoms with Crippen LogP contribution in [0.2, 0.25) is 0 Å². The standard InChI is InChI=1S/C24H26N2O6/c27-20(21(28)29)12-25-22(30)24(10-5-11-24)14-26-23(31)32-13-19-17-8-3-1-6-15(17)16-7-2-4-9-18(16)19/h1-4,6-9,19-20,27H,5,10-14H2,(H,25,30)(H,26,31)(H,28,29). The topological polar surface area (TPSA) is 125 Å². The molecule has 8 nitrogen and oxygen atoms in total. The summed E-state index contributed by atoms with van der Waals surface area (Å²) in [7, 11) is 0. The number of aliphatic hydroxyl groups excluding tert-OH is 1. The van der Waals surface area contributed by atoms with Crippen molar-refractivity contribution in [1.82, 2.24) is 10.6 Å². The van der Waals surface area contributed by atoms with E-state index in [-0.39, 0.29) is 31.5 Å². The van der Waals surface area contributed by atoms with Gasteiger partial charge in [0.05, 0.1) is 12.0 Å². The van der Waals surface area contributed by atoms with E-state index in [0.29, 0.717) is 12.8 Å². The van der Waals surface area contributed by atoms with Crippen molar-refractivity contribution in [2.24, 2.45) is 5.41 Å². The van der Waals surface area contributed by atoms with Gasteiger partial charge in [0.25, 0.3) is 0 Å². The molecule has 1 unspecified atom stereocenters. The Morgan fingerprint density at radius 2 is 1.59 bits per heavy atom. The maximum atomic E-state index is 12.5. The van der Waals surface area contributed by atoms with Gasteiger partial charge in [-0.1, -0.05) is 55.0 Å². The first kappa shape index (κ1) is 21.8. The molecule has 2 amide bonds. The number of carboxylic acid groups (broad SMARTS) is 1. The maximum absolute atomic E-state index is 12.5. The summed E-state index contributed by atoms with van der Waals surface area (Å²) in [4.78, 5) is 35.6. The molecule has 2 aliphatic carbocycles. The number of carbonyl (C=O) groups is 3. The van der Waals surface area contributed by atoms with Crippen LogP contribution in [0, 0.1) is 5.41 Å². The zero-order chi connectivity index (χ0) is 22.7. The molecule has 0 radical (unpaired) electrons. The van der Waals surface area contributed by atoms with Gasteiger partial charge in [0.15, 0.2) is 6.10 Å². The first-order valence-electron chi connectivity index (χ1n) is 10.7. The largest absolute Gasteiger partial charge is 0.479 e. The Bertz CT molecular complexity index is 987. The molecule has 0 aliphatic heterocycles. The van der Waals surface area contributed by atoms with E-state index < -0.39 is 23.6 Å². The number of aliphatic hydroxyl groups is 1. The molecule has 1 atom stereocenters. The SMILES string of the molecule is O=C(NCC1(C(=O)NCC(O)C(=O)O)CCC1)OCC1c2ccccc2-c2ccccc21. The van der Waals surface area contributed by atoms with Crippen LogP contribution in [0.3, 0.4) is 0 Å². The fraction of sp³-hybridized carbons (Fsp3) is 0.375. The van der Waals surface area contributed by atoms with Gasteiger partial charge >= 0.3 is 12.1 Å². The summed E-state index contributed by atoms with van der Waals surface area (Å²) in [5.41, 5.74) is 3.72. The van der Waals surface area contributed by atoms with Gasteiger partial charge in [0.2, 0.25) is 5.91 Å². The van der Waals surface area contributed by atoms with E-state index in [1.807, 2.05) is 36.4 Å². The minimum absolute atomic E-state index is 0.0494. The molecule has 0 heterocycles. The second-order valence-electron chi connectivity index (χ2n) is 8.38. The Labute approximate surface area is 185 Å². The molecule has 1 fully saturated rings. The van der Waals surface area contributed by atoms with Gasteiger partial charge < -0.3 is 25.6 Å². The van der Waals surface area contributed by atoms with Crippen molar-refractivity contribution in [2.75, 3.05) is 19.7 Å². The number of ether oxygens (including phenoxy) is 1. The van der Waals surface area contributed by atoms with Gasteiger partial charge in [0, 0.05) is 12.5 Å². The number of carboxylic acids is 1. The lowest BCUT2D eigenvalue weighted by Crippen LogP contribution is -2.54. The zero-order valence-corrected chi connectivity index (χ0v) is 17.5. The highest BCUT2D eigenvalue weighted by Crippen LogP contribution is 2.44. The summed E-state index contributed by atoms with van der Waals surface area (Å²) < 4.78 is 5.51. The number of hydrogen-bond acceptors (Lipinski definition) is 5. The van der Waals surface area contributed by atoms with Crippen molar-refractivity contribution in [3.05, 3.63) is 59.7 Å². The van der Waals surface area contributed by atoms with Gasteiger partial charge in [-0.2, -0.15) is 0 Å². The van der Waals surface area contributed by atoms with E-state index in [1.54, 1.807) is 0 Å². The number of rotatable bonds is 8. The van der Waals surface area contributed by atoms with Crippen molar-refractivity contribution in [1.29, 1.82) is 0 Å². The predicted octanol–water partition coefficient (Wildman–Crippen LogP) is 2.26. The quantitative estimate of drug-likeness (QED) is 0.501. The van der Waals surface area contributed by atoms with Crippen LogP contribution in [0.15, 0.2) is 48.5 Å². The van der Waals surface area contributed by atoms with E-state index in [4.69, 9.17) is 9.84 Å². The molecule has 1 saturated carbocycles. The first-order chi connectivity index (χ1) is 15.4. The molecule has 8 heteroatoms. The van der Waals surface area contributed by atoms with Crippen LogP contribution in [-0.2, 0) is 14.3 Å². The van der Waals surface area contributed by atoms with Crippen LogP contribution in [0.4, 0.5) is 4.79 Å². The third kappa shape index (κ3) is 4.18. The lowest BCUT2D eigenvalue weighted by molar-refractivity contribution is -0.147. The molecule has 0 aromatic heterocycles. The molecule has 168 valence electrons. The Morgan fingerprint density at radius 3 is 2.12 bits per heavy atom. The van der Waals surface area contributed by atoms with Crippen molar-refractivity contribution in [3.8, 4) is 11.1 Å². The van der Waals surface area contributed by atoms with Crippen molar-refractivity contribution < 1.29 is 29.3 Å². The van der Waals surface area contributed by atoms with Gasteiger partial charge in [-0.3, -0.25) is 4.79 Å². The van der Waals surface area contributed by atoms with Gasteiger partial charge in [0.1, 0.15) is 6.61 Å². The molecule has 2 aromatic carbocycles. The minimum atomic E-state index is -1.66. The van der Waals surface area contributed by atoms with Crippen LogP contribution in [0.5, 0.6) is 0 Å². The van der Waals surface area contributed by atoms with Crippen molar-refractivity contribution >= 4 is 18.0 Å². The fourth-order valence-corrected chi connectivity index (χ4v) is 4.44. The van der Waals surface area contributed by atoms with E-state index in [9.17, 15) is 19.5 Å². The average Bonchev–Trinajstić information content (AvgIpc) is 3.09. The van der Waals surface area contributed by atoms with Gasteiger partial charge in [-0.05, 0) is 35.1 Å². The monoisotopic (exact) mass is 438 g/mol. The molecule has 2 aliphatic rings. The van der Waals surface area contributed by atoms with Crippen LogP contribution in [0.1, 0.15) is 36.3 Å². The van der Waals surface area contributed by atoms with E-state index in [0.717, 1.165) is 28.7 Å². The second-order valence-corrected chi connectivity index (χ2v) is 8.38. The highest BCUT2D eigenvalue weighted by molar-refractivity contribution is 5.85. The summed E-state index contributed by atoms with van der Waals surface area (Å²) in [6, 6.07) is 16.1. The summed E-state index contributed by atoms with van der Waals surface area (Å²) in [5.74, 6) is -1.82. The lowest BCUT2D eigenvalue weighted by Gasteiger charge is -2.40. The Balaban J connectivity index is 1.33. The molecule has 4 N–H and O–H groups in total. The summed E-state index contributed by atoms with van der Waals surface area (Å²) in [6.07, 6.45) is -0.277. The van der Waals surface area contributed by atoms with Gasteiger partial charge in [-0.25, -0.2) is 9.59 Å². The summed E-state index contributed by atoms with van der Waals surface area (Å²) in [5, 5.41) is 23.3. The van der Waals surface area contributed by atoms with Crippen LogP contribution < -0.4 is 10.6 Å². The molecule has 0 saturated heterocycles. The van der Waals surface area contributed by atoms with E-state index in [1.165, 1.54) is 0 Å². The molecule has 0 bridgehead atoms. The third-order valence-corrected chi connectivity index (χ3v) is 6.45. The molecule has 4 rings (SSSR count). The maximum Gasteiger partial charge on any atom is 0.407 e. The van der Waals surface area contributed by atoms with Crippen LogP contribution in [0.25, 0.3) is 11.1 Å². The number of fused-ring (bicyclic) bond motifs is 3. The second kappa shape index (κ2) is 9.00. The van der Waals surface area contributed by atoms with Crippen molar-refractivity contribution in [3.63, 3.8) is 0 Å². The molecule has 2 aromatic rings. The van der Waals surface area contributed by atoms with Crippen LogP contribution in [-0.4, -0.2) is 54.0 Å². The minimum Gasteiger partial charge on any atom is -0.479 e. The molecule has 0 spiro atoms. The molecular formula is C24H26N2O6. The third-order valence-electron chi connectivity index (χ3n) is 6.45. The number of nitrogens with one attached hydrogen (secondary N) is 2. The number of hydrogen-bond donors (Lipinski definition) is 4. The highest BCUT2D eigenvalue weighted by Gasteiger charge is 2.44. The summed E-state index contributed by atoms with van der Waals surface area (Å²) in [6.45, 7) is -0.0939. The smallest absolute Gasteiger partial charge is 0.407 e. The fourth-order valence-electron chi connectivity index (χ4n) is 4.44. The number of carbonyl (C=O) groups excluding carboxylic acids is 2. The van der Waals surface area contributed by atoms with E-state index >= 15 is 0 Å². The van der Waals surface area contributed by atoms with Crippen molar-refractivity contribution in [2.45, 2.75) is 31.3 Å². The number of amides is 2. The number of benzene rings is 2. The average molecular weight is 438 g/mol. The molecular weight excluding hydrogens is 412 g/mol. The predicted molar refractivity (Wildman–Crippen MR) is 116 cm³/mol. The lowest BCUT2D eigenvalue weighted by atomic mass is 9.68. The normalized spacial score (nSPS) is 16.8. The number of alkyl carbamates (subject to hydrolysis) is 1. The Kier molecular flexibility index (Phi) is 6.14. The Hall–Kier alpha value is -3.39. The van der Waals surface area contributed by atoms with Gasteiger partial charge in [-0.15, -0.1) is 0 Å². The summed E-state index contributed by atoms with van der Waals surface area (Å²) >= 11 is 0. The zero-order valence-electron chi connectivity index (χ0n) is 17.5. The first-order valence-corrected chi connectivity index (χ1v) is 10.7.